The molecule has 0 saturated carbocycles. The van der Waals surface area contributed by atoms with Crippen LogP contribution < -0.4 is 5.32 Å². The van der Waals surface area contributed by atoms with E-state index in [1.807, 2.05) is 30.3 Å². The fourth-order valence-electron chi connectivity index (χ4n) is 2.99. The first kappa shape index (κ1) is 16.2. The Bertz CT molecular complexity index is 713. The summed E-state index contributed by atoms with van der Waals surface area (Å²) in [6.45, 7) is 0.699. The van der Waals surface area contributed by atoms with Gasteiger partial charge in [0, 0.05) is 19.2 Å². The number of amides is 2. The van der Waals surface area contributed by atoms with Crippen molar-refractivity contribution in [3.8, 4) is 11.4 Å². The minimum absolute atomic E-state index is 0.0906. The molecule has 1 N–H and O–H groups in total. The molecule has 24 heavy (non-hydrogen) atoms. The topological polar surface area (TPSA) is 80.1 Å². The quantitative estimate of drug-likeness (QED) is 0.911. The Balaban J connectivity index is 1.70. The summed E-state index contributed by atoms with van der Waals surface area (Å²) < 4.78 is 1.53. The molecule has 1 atom stereocenters. The summed E-state index contributed by atoms with van der Waals surface area (Å²) in [7, 11) is 1.60. The maximum atomic E-state index is 12.6. The second kappa shape index (κ2) is 7.25. The predicted molar refractivity (Wildman–Crippen MR) is 88.9 cm³/mol. The van der Waals surface area contributed by atoms with Crippen LogP contribution in [0.1, 0.15) is 19.3 Å². The Morgan fingerprint density at radius 1 is 1.25 bits per heavy atom. The molecule has 1 aromatic carbocycles. The van der Waals surface area contributed by atoms with Crippen LogP contribution in [-0.2, 0) is 16.1 Å². The first-order chi connectivity index (χ1) is 11.7. The number of likely N-dealkylation sites (N-methyl/N-ethyl adjacent to an activating group) is 1. The number of hydrogen-bond donors (Lipinski definition) is 1. The molecule has 2 amide bonds. The number of piperidine rings is 1. The van der Waals surface area contributed by atoms with Crippen molar-refractivity contribution in [1.82, 2.24) is 25.0 Å². The van der Waals surface area contributed by atoms with E-state index in [-0.39, 0.29) is 24.4 Å². The summed E-state index contributed by atoms with van der Waals surface area (Å²) in [6.07, 6.45) is 4.15. The molecule has 0 aliphatic carbocycles. The van der Waals surface area contributed by atoms with Crippen molar-refractivity contribution >= 4 is 11.8 Å². The van der Waals surface area contributed by atoms with Crippen LogP contribution in [0.5, 0.6) is 0 Å². The molecule has 1 saturated heterocycles. The number of likely N-dealkylation sites (tertiary alicyclic amines) is 1. The van der Waals surface area contributed by atoms with Gasteiger partial charge in [-0.05, 0) is 19.3 Å². The molecule has 2 aromatic rings. The number of aromatic nitrogens is 3. The van der Waals surface area contributed by atoms with Crippen LogP contribution in [-0.4, -0.2) is 51.1 Å². The molecule has 7 nitrogen and oxygen atoms in total. The summed E-state index contributed by atoms with van der Waals surface area (Å²) in [5, 5.41) is 7.00. The van der Waals surface area contributed by atoms with E-state index in [2.05, 4.69) is 15.4 Å². The molecule has 3 rings (SSSR count). The Morgan fingerprint density at radius 3 is 2.79 bits per heavy atom. The van der Waals surface area contributed by atoms with Crippen LogP contribution in [0.15, 0.2) is 36.7 Å². The molecule has 7 heteroatoms. The van der Waals surface area contributed by atoms with Crippen LogP contribution in [0.4, 0.5) is 0 Å². The molecule has 1 aromatic heterocycles. The van der Waals surface area contributed by atoms with Gasteiger partial charge in [0.15, 0.2) is 5.82 Å². The number of nitrogens with zero attached hydrogens (tertiary/aromatic N) is 4. The van der Waals surface area contributed by atoms with Gasteiger partial charge in [-0.2, -0.15) is 5.10 Å². The molecule has 126 valence electrons. The van der Waals surface area contributed by atoms with Crippen LogP contribution in [0.3, 0.4) is 0 Å². The zero-order valence-electron chi connectivity index (χ0n) is 13.7. The van der Waals surface area contributed by atoms with E-state index >= 15 is 0 Å². The van der Waals surface area contributed by atoms with Gasteiger partial charge in [0.2, 0.25) is 11.8 Å². The highest BCUT2D eigenvalue weighted by Gasteiger charge is 2.31. The highest BCUT2D eigenvalue weighted by molar-refractivity contribution is 5.87. The molecule has 1 aliphatic rings. The van der Waals surface area contributed by atoms with E-state index in [0.717, 1.165) is 18.4 Å². The SMILES string of the molecule is CNC(=O)C1CCCCN1C(=O)Cn1cnc(-c2ccccc2)n1. The number of hydrogen-bond acceptors (Lipinski definition) is 4. The van der Waals surface area contributed by atoms with Crippen molar-refractivity contribution in [2.24, 2.45) is 0 Å². The van der Waals surface area contributed by atoms with Crippen LogP contribution in [0.25, 0.3) is 11.4 Å². The molecule has 1 fully saturated rings. The van der Waals surface area contributed by atoms with Crippen molar-refractivity contribution in [2.75, 3.05) is 13.6 Å². The maximum Gasteiger partial charge on any atom is 0.245 e. The van der Waals surface area contributed by atoms with Crippen LogP contribution in [0.2, 0.25) is 0 Å². The summed E-state index contributed by atoms with van der Waals surface area (Å²) in [5.74, 6) is 0.379. The molecule has 0 radical (unpaired) electrons. The fraction of sp³-hybridized carbons (Fsp3) is 0.412. The average Bonchev–Trinajstić information content (AvgIpc) is 3.10. The highest BCUT2D eigenvalue weighted by Crippen LogP contribution is 2.18. The largest absolute Gasteiger partial charge is 0.357 e. The van der Waals surface area contributed by atoms with Gasteiger partial charge >= 0.3 is 0 Å². The van der Waals surface area contributed by atoms with Gasteiger partial charge in [-0.3, -0.25) is 9.59 Å². The van der Waals surface area contributed by atoms with Crippen molar-refractivity contribution < 1.29 is 9.59 Å². The normalized spacial score (nSPS) is 17.5. The number of rotatable bonds is 4. The first-order valence-corrected chi connectivity index (χ1v) is 8.15. The van der Waals surface area contributed by atoms with E-state index in [9.17, 15) is 9.59 Å². The van der Waals surface area contributed by atoms with Crippen molar-refractivity contribution in [1.29, 1.82) is 0 Å². The number of carbonyl (C=O) groups is 2. The molecule has 1 aliphatic heterocycles. The first-order valence-electron chi connectivity index (χ1n) is 8.15. The second-order valence-corrected chi connectivity index (χ2v) is 5.84. The van der Waals surface area contributed by atoms with Crippen LogP contribution >= 0.6 is 0 Å². The molecule has 2 heterocycles. The molecular weight excluding hydrogens is 306 g/mol. The Labute approximate surface area is 140 Å². The average molecular weight is 327 g/mol. The van der Waals surface area contributed by atoms with E-state index < -0.39 is 0 Å². The third-order valence-corrected chi connectivity index (χ3v) is 4.24. The Kier molecular flexibility index (Phi) is 4.88. The highest BCUT2D eigenvalue weighted by atomic mass is 16.2. The lowest BCUT2D eigenvalue weighted by atomic mass is 10.0. The summed E-state index contributed by atoms with van der Waals surface area (Å²) in [5.41, 5.74) is 0.907. The van der Waals surface area contributed by atoms with E-state index in [1.165, 1.54) is 4.68 Å². The second-order valence-electron chi connectivity index (χ2n) is 5.84. The van der Waals surface area contributed by atoms with Crippen molar-refractivity contribution in [2.45, 2.75) is 31.8 Å². The van der Waals surface area contributed by atoms with Gasteiger partial charge in [-0.1, -0.05) is 30.3 Å². The van der Waals surface area contributed by atoms with Gasteiger partial charge in [0.1, 0.15) is 18.9 Å². The fourth-order valence-corrected chi connectivity index (χ4v) is 2.99. The Hall–Kier alpha value is -2.70. The number of nitrogens with one attached hydrogen (secondary N) is 1. The van der Waals surface area contributed by atoms with Crippen LogP contribution in [0, 0.1) is 0 Å². The van der Waals surface area contributed by atoms with Gasteiger partial charge < -0.3 is 10.2 Å². The lowest BCUT2D eigenvalue weighted by Crippen LogP contribution is -2.52. The third-order valence-electron chi connectivity index (χ3n) is 4.24. The van der Waals surface area contributed by atoms with E-state index in [0.29, 0.717) is 18.8 Å². The van der Waals surface area contributed by atoms with Gasteiger partial charge in [-0.15, -0.1) is 0 Å². The number of benzene rings is 1. The summed E-state index contributed by atoms with van der Waals surface area (Å²) in [4.78, 5) is 30.5. The van der Waals surface area contributed by atoms with E-state index in [4.69, 9.17) is 0 Å². The smallest absolute Gasteiger partial charge is 0.245 e. The minimum Gasteiger partial charge on any atom is -0.357 e. The van der Waals surface area contributed by atoms with Crippen molar-refractivity contribution in [3.05, 3.63) is 36.7 Å². The molecule has 0 bridgehead atoms. The van der Waals surface area contributed by atoms with Gasteiger partial charge in [-0.25, -0.2) is 9.67 Å². The molecule has 1 unspecified atom stereocenters. The summed E-state index contributed by atoms with van der Waals surface area (Å²) in [6, 6.07) is 9.24. The minimum atomic E-state index is -0.381. The monoisotopic (exact) mass is 327 g/mol. The molecule has 0 spiro atoms. The van der Waals surface area contributed by atoms with Gasteiger partial charge in [0.25, 0.3) is 0 Å². The lowest BCUT2D eigenvalue weighted by Gasteiger charge is -2.34. The third kappa shape index (κ3) is 3.45. The standard InChI is InChI=1S/C17H21N5O2/c1-18-17(24)14-9-5-6-10-22(14)15(23)11-21-12-19-16(20-21)13-7-3-2-4-8-13/h2-4,7-8,12,14H,5-6,9-11H2,1H3,(H,18,24). The molecular formula is C17H21N5O2. The predicted octanol–water partition coefficient (Wildman–Crippen LogP) is 1.07. The maximum absolute atomic E-state index is 12.6. The van der Waals surface area contributed by atoms with Gasteiger partial charge in [0.05, 0.1) is 0 Å². The number of carbonyl (C=O) groups excluding carboxylic acids is 2. The zero-order chi connectivity index (χ0) is 16.9. The lowest BCUT2D eigenvalue weighted by molar-refractivity contribution is -0.142. The van der Waals surface area contributed by atoms with E-state index in [1.54, 1.807) is 18.3 Å². The zero-order valence-corrected chi connectivity index (χ0v) is 13.7. The summed E-state index contributed by atoms with van der Waals surface area (Å²) >= 11 is 0. The Morgan fingerprint density at radius 2 is 2.04 bits per heavy atom. The van der Waals surface area contributed by atoms with Crippen molar-refractivity contribution in [3.63, 3.8) is 0 Å².